The van der Waals surface area contributed by atoms with E-state index in [2.05, 4.69) is 41.0 Å². The maximum absolute atomic E-state index is 4.36. The molecule has 2 heterocycles. The van der Waals surface area contributed by atoms with Crippen molar-refractivity contribution >= 4 is 22.7 Å². The van der Waals surface area contributed by atoms with E-state index in [-0.39, 0.29) is 5.54 Å². The van der Waals surface area contributed by atoms with Crippen molar-refractivity contribution in [1.82, 2.24) is 10.3 Å². The Morgan fingerprint density at radius 2 is 2.25 bits per heavy atom. The summed E-state index contributed by atoms with van der Waals surface area (Å²) in [6, 6.07) is 2.18. The summed E-state index contributed by atoms with van der Waals surface area (Å²) < 4.78 is 0. The van der Waals surface area contributed by atoms with Crippen molar-refractivity contribution in [2.24, 2.45) is 0 Å². The van der Waals surface area contributed by atoms with Gasteiger partial charge in [0.2, 0.25) is 0 Å². The fraction of sp³-hybridized carbons (Fsp3) is 0.417. The Balaban J connectivity index is 1.85. The van der Waals surface area contributed by atoms with Gasteiger partial charge in [0.1, 0.15) is 5.01 Å². The third-order valence-electron chi connectivity index (χ3n) is 2.53. The fourth-order valence-corrected chi connectivity index (χ4v) is 3.00. The van der Waals surface area contributed by atoms with E-state index in [0.717, 1.165) is 18.0 Å². The summed E-state index contributed by atoms with van der Waals surface area (Å²) >= 11 is 3.46. The number of nitrogens with zero attached hydrogens (tertiary/aromatic N) is 1. The first-order valence-corrected chi connectivity index (χ1v) is 7.17. The summed E-state index contributed by atoms with van der Waals surface area (Å²) in [6.07, 6.45) is 2.95. The Morgan fingerprint density at radius 1 is 1.38 bits per heavy atom. The highest BCUT2D eigenvalue weighted by Crippen LogP contribution is 2.21. The summed E-state index contributed by atoms with van der Waals surface area (Å²) in [4.78, 5) is 4.36. The molecule has 0 saturated heterocycles. The first-order chi connectivity index (χ1) is 7.68. The van der Waals surface area contributed by atoms with Crippen molar-refractivity contribution in [2.75, 3.05) is 6.54 Å². The van der Waals surface area contributed by atoms with Crippen LogP contribution in [0, 0.1) is 0 Å². The van der Waals surface area contributed by atoms with Crippen LogP contribution < -0.4 is 5.32 Å². The van der Waals surface area contributed by atoms with E-state index in [0.29, 0.717) is 0 Å². The molecule has 0 bridgehead atoms. The normalized spacial score (nSPS) is 11.9. The van der Waals surface area contributed by atoms with Crippen LogP contribution in [-0.2, 0) is 12.0 Å². The smallest absolute Gasteiger partial charge is 0.112 e. The summed E-state index contributed by atoms with van der Waals surface area (Å²) in [5.74, 6) is 0. The summed E-state index contributed by atoms with van der Waals surface area (Å²) in [5.41, 5.74) is 1.39. The lowest BCUT2D eigenvalue weighted by Gasteiger charge is -2.23. The molecule has 86 valence electrons. The van der Waals surface area contributed by atoms with Gasteiger partial charge in [-0.15, -0.1) is 11.3 Å². The monoisotopic (exact) mass is 252 g/mol. The number of thiophene rings is 1. The highest BCUT2D eigenvalue weighted by atomic mass is 32.1. The first kappa shape index (κ1) is 11.8. The molecule has 4 heteroatoms. The van der Waals surface area contributed by atoms with Crippen LogP contribution in [0.5, 0.6) is 0 Å². The van der Waals surface area contributed by atoms with E-state index in [4.69, 9.17) is 0 Å². The molecule has 0 amide bonds. The molecule has 1 N–H and O–H groups in total. The lowest BCUT2D eigenvalue weighted by Crippen LogP contribution is -2.37. The van der Waals surface area contributed by atoms with Gasteiger partial charge in [-0.05, 0) is 42.7 Å². The number of aromatic nitrogens is 1. The quantitative estimate of drug-likeness (QED) is 0.883. The number of hydrogen-bond donors (Lipinski definition) is 1. The number of thiazole rings is 1. The SMILES string of the molecule is CC(C)(NCCc1ccsc1)c1nccs1. The Kier molecular flexibility index (Phi) is 3.74. The average Bonchev–Trinajstić information content (AvgIpc) is 2.90. The van der Waals surface area contributed by atoms with Crippen LogP contribution in [0.2, 0.25) is 0 Å². The molecular weight excluding hydrogens is 236 g/mol. The van der Waals surface area contributed by atoms with Gasteiger partial charge in [-0.1, -0.05) is 0 Å². The lowest BCUT2D eigenvalue weighted by molar-refractivity contribution is 0.405. The van der Waals surface area contributed by atoms with Crippen LogP contribution in [-0.4, -0.2) is 11.5 Å². The van der Waals surface area contributed by atoms with Gasteiger partial charge in [-0.3, -0.25) is 0 Å². The number of hydrogen-bond acceptors (Lipinski definition) is 4. The molecule has 0 aliphatic heterocycles. The van der Waals surface area contributed by atoms with Crippen molar-refractivity contribution in [3.63, 3.8) is 0 Å². The molecule has 2 aromatic heterocycles. The molecule has 16 heavy (non-hydrogen) atoms. The van der Waals surface area contributed by atoms with Gasteiger partial charge >= 0.3 is 0 Å². The largest absolute Gasteiger partial charge is 0.306 e. The third kappa shape index (κ3) is 2.90. The van der Waals surface area contributed by atoms with E-state index in [9.17, 15) is 0 Å². The Bertz CT molecular complexity index is 404. The molecule has 0 atom stereocenters. The van der Waals surface area contributed by atoms with Gasteiger partial charge in [0.15, 0.2) is 0 Å². The fourth-order valence-electron chi connectivity index (χ4n) is 1.56. The molecule has 0 spiro atoms. The van der Waals surface area contributed by atoms with Gasteiger partial charge in [0.25, 0.3) is 0 Å². The third-order valence-corrected chi connectivity index (χ3v) is 4.36. The van der Waals surface area contributed by atoms with Gasteiger partial charge in [0, 0.05) is 18.1 Å². The van der Waals surface area contributed by atoms with Crippen molar-refractivity contribution in [3.8, 4) is 0 Å². The zero-order valence-electron chi connectivity index (χ0n) is 9.56. The van der Waals surface area contributed by atoms with Crippen molar-refractivity contribution in [1.29, 1.82) is 0 Å². The maximum Gasteiger partial charge on any atom is 0.112 e. The standard InChI is InChI=1S/C12H16N2S2/c1-12(2,11-13-6-8-16-11)14-5-3-10-4-7-15-9-10/h4,6-9,14H,3,5H2,1-2H3. The minimum Gasteiger partial charge on any atom is -0.306 e. The average molecular weight is 252 g/mol. The molecule has 0 aliphatic carbocycles. The molecule has 2 aromatic rings. The minimum absolute atomic E-state index is 0.0236. The number of rotatable bonds is 5. The predicted octanol–water partition coefficient (Wildman–Crippen LogP) is 3.27. The highest BCUT2D eigenvalue weighted by molar-refractivity contribution is 7.09. The lowest BCUT2D eigenvalue weighted by atomic mass is 10.1. The summed E-state index contributed by atoms with van der Waals surface area (Å²) in [5, 5.41) is 11.1. The molecule has 0 unspecified atom stereocenters. The van der Waals surface area contributed by atoms with E-state index in [1.54, 1.807) is 22.7 Å². The minimum atomic E-state index is -0.0236. The van der Waals surface area contributed by atoms with Crippen LogP contribution in [0.1, 0.15) is 24.4 Å². The highest BCUT2D eigenvalue weighted by Gasteiger charge is 2.21. The number of nitrogens with one attached hydrogen (secondary N) is 1. The van der Waals surface area contributed by atoms with E-state index < -0.39 is 0 Å². The second-order valence-corrected chi connectivity index (χ2v) is 5.95. The van der Waals surface area contributed by atoms with Gasteiger partial charge in [-0.25, -0.2) is 4.98 Å². The molecule has 0 aromatic carbocycles. The predicted molar refractivity (Wildman–Crippen MR) is 71.2 cm³/mol. The van der Waals surface area contributed by atoms with Gasteiger partial charge < -0.3 is 5.32 Å². The summed E-state index contributed by atoms with van der Waals surface area (Å²) in [7, 11) is 0. The molecule has 0 saturated carbocycles. The van der Waals surface area contributed by atoms with Crippen LogP contribution in [0.25, 0.3) is 0 Å². The molecule has 0 radical (unpaired) electrons. The topological polar surface area (TPSA) is 24.9 Å². The second kappa shape index (κ2) is 5.08. The zero-order chi connectivity index (χ0) is 11.4. The maximum atomic E-state index is 4.36. The molecule has 0 fully saturated rings. The Labute approximate surface area is 104 Å². The molecule has 2 rings (SSSR count). The molecular formula is C12H16N2S2. The zero-order valence-corrected chi connectivity index (χ0v) is 11.2. The van der Waals surface area contributed by atoms with Gasteiger partial charge in [0.05, 0.1) is 5.54 Å². The Hall–Kier alpha value is -0.710. The van der Waals surface area contributed by atoms with Crippen LogP contribution in [0.15, 0.2) is 28.4 Å². The van der Waals surface area contributed by atoms with Crippen LogP contribution >= 0.6 is 22.7 Å². The van der Waals surface area contributed by atoms with Crippen molar-refractivity contribution in [3.05, 3.63) is 39.0 Å². The summed E-state index contributed by atoms with van der Waals surface area (Å²) in [6.45, 7) is 5.35. The van der Waals surface area contributed by atoms with Gasteiger partial charge in [-0.2, -0.15) is 11.3 Å². The first-order valence-electron chi connectivity index (χ1n) is 5.34. The van der Waals surface area contributed by atoms with E-state index in [1.807, 2.05) is 11.6 Å². The van der Waals surface area contributed by atoms with Crippen LogP contribution in [0.3, 0.4) is 0 Å². The van der Waals surface area contributed by atoms with Crippen LogP contribution in [0.4, 0.5) is 0 Å². The van der Waals surface area contributed by atoms with Crippen molar-refractivity contribution < 1.29 is 0 Å². The van der Waals surface area contributed by atoms with E-state index >= 15 is 0 Å². The Morgan fingerprint density at radius 3 is 2.88 bits per heavy atom. The molecule has 0 aliphatic rings. The van der Waals surface area contributed by atoms with Crippen molar-refractivity contribution in [2.45, 2.75) is 25.8 Å². The molecule has 2 nitrogen and oxygen atoms in total. The van der Waals surface area contributed by atoms with E-state index in [1.165, 1.54) is 5.56 Å². The second-order valence-electron chi connectivity index (χ2n) is 4.27.